The van der Waals surface area contributed by atoms with Gasteiger partial charge in [-0.1, -0.05) is 55.5 Å². The van der Waals surface area contributed by atoms with Crippen LogP contribution in [0.5, 0.6) is 0 Å². The summed E-state index contributed by atoms with van der Waals surface area (Å²) in [6.07, 6.45) is 1.70. The van der Waals surface area contributed by atoms with E-state index in [4.69, 9.17) is 4.42 Å². The van der Waals surface area contributed by atoms with Crippen LogP contribution < -0.4 is 5.32 Å². The summed E-state index contributed by atoms with van der Waals surface area (Å²) in [5.74, 6) is 0.215. The second-order valence-electron chi connectivity index (χ2n) is 5.42. The quantitative estimate of drug-likeness (QED) is 0.766. The summed E-state index contributed by atoms with van der Waals surface area (Å²) >= 11 is 0. The second-order valence-corrected chi connectivity index (χ2v) is 5.42. The molecule has 1 unspecified atom stereocenters. The molecule has 0 radical (unpaired) electrons. The Balaban J connectivity index is 1.71. The van der Waals surface area contributed by atoms with E-state index in [1.165, 1.54) is 5.56 Å². The molecular formula is C19H19NO2. The monoisotopic (exact) mass is 293 g/mol. The first-order chi connectivity index (χ1) is 10.8. The Morgan fingerprint density at radius 3 is 2.55 bits per heavy atom. The summed E-state index contributed by atoms with van der Waals surface area (Å²) in [5, 5.41) is 4.01. The van der Waals surface area contributed by atoms with E-state index in [1.807, 2.05) is 42.5 Å². The molecule has 0 aliphatic heterocycles. The molecule has 0 fully saturated rings. The van der Waals surface area contributed by atoms with Crippen LogP contribution in [0.15, 0.2) is 65.1 Å². The van der Waals surface area contributed by atoms with Crippen LogP contribution in [0.25, 0.3) is 11.0 Å². The molecular weight excluding hydrogens is 274 g/mol. The lowest BCUT2D eigenvalue weighted by Gasteiger charge is -2.16. The Morgan fingerprint density at radius 1 is 1.09 bits per heavy atom. The highest BCUT2D eigenvalue weighted by Crippen LogP contribution is 2.19. The molecule has 1 amide bonds. The van der Waals surface area contributed by atoms with Gasteiger partial charge in [-0.15, -0.1) is 0 Å². The molecule has 3 rings (SSSR count). The normalized spacial score (nSPS) is 12.2. The molecule has 22 heavy (non-hydrogen) atoms. The predicted octanol–water partition coefficient (Wildman–Crippen LogP) is 4.18. The number of rotatable bonds is 5. The van der Waals surface area contributed by atoms with Crippen molar-refractivity contribution in [1.82, 2.24) is 5.32 Å². The zero-order valence-electron chi connectivity index (χ0n) is 12.6. The van der Waals surface area contributed by atoms with E-state index < -0.39 is 0 Å². The van der Waals surface area contributed by atoms with Crippen molar-refractivity contribution < 1.29 is 9.21 Å². The fourth-order valence-electron chi connectivity index (χ4n) is 2.55. The Hall–Kier alpha value is -2.55. The van der Waals surface area contributed by atoms with Crippen molar-refractivity contribution in [2.45, 2.75) is 25.8 Å². The minimum Gasteiger partial charge on any atom is -0.451 e. The van der Waals surface area contributed by atoms with E-state index in [0.29, 0.717) is 5.76 Å². The van der Waals surface area contributed by atoms with Gasteiger partial charge in [0.15, 0.2) is 5.76 Å². The average molecular weight is 293 g/mol. The molecule has 0 aliphatic carbocycles. The smallest absolute Gasteiger partial charge is 0.287 e. The third-order valence-electron chi connectivity index (χ3n) is 3.80. The van der Waals surface area contributed by atoms with Gasteiger partial charge in [0.1, 0.15) is 5.58 Å². The fourth-order valence-corrected chi connectivity index (χ4v) is 2.55. The number of hydrogen-bond donors (Lipinski definition) is 1. The van der Waals surface area contributed by atoms with E-state index >= 15 is 0 Å². The standard InChI is InChI=1S/C19H19NO2/c1-2-16(12-14-8-4-3-5-9-14)20-19(21)18-13-15-10-6-7-11-17(15)22-18/h3-11,13,16H,2,12H2,1H3,(H,20,21). The number of hydrogen-bond acceptors (Lipinski definition) is 2. The zero-order valence-corrected chi connectivity index (χ0v) is 12.6. The molecule has 0 spiro atoms. The molecule has 0 aliphatic rings. The molecule has 1 heterocycles. The van der Waals surface area contributed by atoms with Crippen LogP contribution in [0, 0.1) is 0 Å². The molecule has 3 aromatic rings. The van der Waals surface area contributed by atoms with Crippen LogP contribution >= 0.6 is 0 Å². The first-order valence-electron chi connectivity index (χ1n) is 7.59. The predicted molar refractivity (Wildman–Crippen MR) is 87.9 cm³/mol. The minimum atomic E-state index is -0.154. The number of furan rings is 1. The SMILES string of the molecule is CCC(Cc1ccccc1)NC(=O)c1cc2ccccc2o1. The van der Waals surface area contributed by atoms with Gasteiger partial charge < -0.3 is 9.73 Å². The maximum absolute atomic E-state index is 12.4. The van der Waals surface area contributed by atoms with Crippen molar-refractivity contribution in [1.29, 1.82) is 0 Å². The maximum Gasteiger partial charge on any atom is 0.287 e. The van der Waals surface area contributed by atoms with Crippen LogP contribution in [-0.4, -0.2) is 11.9 Å². The summed E-state index contributed by atoms with van der Waals surface area (Å²) in [6, 6.07) is 19.7. The van der Waals surface area contributed by atoms with Gasteiger partial charge >= 0.3 is 0 Å². The fraction of sp³-hybridized carbons (Fsp3) is 0.211. The molecule has 0 saturated carbocycles. The number of carbonyl (C=O) groups is 1. The molecule has 112 valence electrons. The number of fused-ring (bicyclic) bond motifs is 1. The van der Waals surface area contributed by atoms with Crippen molar-refractivity contribution >= 4 is 16.9 Å². The highest BCUT2D eigenvalue weighted by Gasteiger charge is 2.16. The van der Waals surface area contributed by atoms with Crippen molar-refractivity contribution in [2.24, 2.45) is 0 Å². The molecule has 3 heteroatoms. The number of benzene rings is 2. The van der Waals surface area contributed by atoms with E-state index in [2.05, 4.69) is 24.4 Å². The Morgan fingerprint density at radius 2 is 1.82 bits per heavy atom. The summed E-state index contributed by atoms with van der Waals surface area (Å²) in [4.78, 5) is 12.4. The highest BCUT2D eigenvalue weighted by molar-refractivity contribution is 5.96. The van der Waals surface area contributed by atoms with E-state index in [1.54, 1.807) is 6.07 Å². The van der Waals surface area contributed by atoms with Gasteiger partial charge in [-0.25, -0.2) is 0 Å². The van der Waals surface area contributed by atoms with Crippen molar-refractivity contribution in [2.75, 3.05) is 0 Å². The van der Waals surface area contributed by atoms with E-state index in [0.717, 1.165) is 23.8 Å². The van der Waals surface area contributed by atoms with Gasteiger partial charge in [0.2, 0.25) is 0 Å². The molecule has 0 saturated heterocycles. The molecule has 1 aromatic heterocycles. The molecule has 1 atom stereocenters. The first kappa shape index (κ1) is 14.4. The zero-order chi connectivity index (χ0) is 15.4. The Labute approximate surface area is 130 Å². The van der Waals surface area contributed by atoms with E-state index in [9.17, 15) is 4.79 Å². The van der Waals surface area contributed by atoms with Crippen LogP contribution in [0.3, 0.4) is 0 Å². The number of carbonyl (C=O) groups excluding carboxylic acids is 1. The maximum atomic E-state index is 12.4. The Bertz CT molecular complexity index is 728. The molecule has 1 N–H and O–H groups in total. The van der Waals surface area contributed by atoms with Crippen molar-refractivity contribution in [3.8, 4) is 0 Å². The van der Waals surface area contributed by atoms with Crippen molar-refractivity contribution in [3.05, 3.63) is 72.0 Å². The number of para-hydroxylation sites is 1. The van der Waals surface area contributed by atoms with Gasteiger partial charge in [0.05, 0.1) is 0 Å². The van der Waals surface area contributed by atoms with Gasteiger partial charge in [-0.3, -0.25) is 4.79 Å². The molecule has 0 bridgehead atoms. The van der Waals surface area contributed by atoms with E-state index in [-0.39, 0.29) is 11.9 Å². The number of nitrogens with one attached hydrogen (secondary N) is 1. The topological polar surface area (TPSA) is 42.2 Å². The Kier molecular flexibility index (Phi) is 4.24. The van der Waals surface area contributed by atoms with Crippen LogP contribution in [0.4, 0.5) is 0 Å². The molecule has 3 nitrogen and oxygen atoms in total. The van der Waals surface area contributed by atoms with Crippen molar-refractivity contribution in [3.63, 3.8) is 0 Å². The highest BCUT2D eigenvalue weighted by atomic mass is 16.3. The van der Waals surface area contributed by atoms with Crippen LogP contribution in [0.1, 0.15) is 29.5 Å². The average Bonchev–Trinajstić information content (AvgIpc) is 2.99. The summed E-state index contributed by atoms with van der Waals surface area (Å²) in [7, 11) is 0. The summed E-state index contributed by atoms with van der Waals surface area (Å²) in [5.41, 5.74) is 1.96. The number of amides is 1. The van der Waals surface area contributed by atoms with Crippen LogP contribution in [-0.2, 0) is 6.42 Å². The van der Waals surface area contributed by atoms with Crippen LogP contribution in [0.2, 0.25) is 0 Å². The third-order valence-corrected chi connectivity index (χ3v) is 3.80. The summed E-state index contributed by atoms with van der Waals surface area (Å²) < 4.78 is 5.61. The third kappa shape index (κ3) is 3.19. The van der Waals surface area contributed by atoms with Gasteiger partial charge in [-0.05, 0) is 30.5 Å². The second kappa shape index (κ2) is 6.48. The lowest BCUT2D eigenvalue weighted by Crippen LogP contribution is -2.35. The lowest BCUT2D eigenvalue weighted by molar-refractivity contribution is 0.0910. The van der Waals surface area contributed by atoms with Gasteiger partial charge in [0.25, 0.3) is 5.91 Å². The lowest BCUT2D eigenvalue weighted by atomic mass is 10.0. The largest absolute Gasteiger partial charge is 0.451 e. The van der Waals surface area contributed by atoms with Gasteiger partial charge in [-0.2, -0.15) is 0 Å². The minimum absolute atomic E-state index is 0.100. The summed E-state index contributed by atoms with van der Waals surface area (Å²) in [6.45, 7) is 2.08. The molecule has 2 aromatic carbocycles. The van der Waals surface area contributed by atoms with Gasteiger partial charge in [0, 0.05) is 11.4 Å². The first-order valence-corrected chi connectivity index (χ1v) is 7.59.